The summed E-state index contributed by atoms with van der Waals surface area (Å²) in [5.41, 5.74) is 1.71. The molecule has 2 N–H and O–H groups in total. The third-order valence-corrected chi connectivity index (χ3v) is 4.13. The minimum Gasteiger partial charge on any atom is -0.392 e. The van der Waals surface area contributed by atoms with Crippen LogP contribution in [0.5, 0.6) is 0 Å². The van der Waals surface area contributed by atoms with Crippen molar-refractivity contribution >= 4 is 0 Å². The van der Waals surface area contributed by atoms with Gasteiger partial charge in [-0.25, -0.2) is 0 Å². The lowest BCUT2D eigenvalue weighted by Crippen LogP contribution is -2.56. The predicted molar refractivity (Wildman–Crippen MR) is 71.1 cm³/mol. The summed E-state index contributed by atoms with van der Waals surface area (Å²) in [7, 11) is 0. The number of aliphatic hydroxyl groups excluding tert-OH is 1. The van der Waals surface area contributed by atoms with E-state index in [9.17, 15) is 5.11 Å². The highest BCUT2D eigenvalue weighted by Crippen LogP contribution is 2.52. The van der Waals surface area contributed by atoms with Gasteiger partial charge >= 0.3 is 0 Å². The Balaban J connectivity index is 1.98. The number of hydrogen-bond donors (Lipinski definition) is 2. The van der Waals surface area contributed by atoms with Gasteiger partial charge in [-0.1, -0.05) is 44.2 Å². The Hall–Kier alpha value is -0.860. The molecule has 1 fully saturated rings. The molecule has 0 heterocycles. The first-order valence-electron chi connectivity index (χ1n) is 6.48. The van der Waals surface area contributed by atoms with E-state index in [0.717, 1.165) is 0 Å². The fourth-order valence-corrected chi connectivity index (χ4v) is 2.84. The minimum atomic E-state index is -0.262. The van der Waals surface area contributed by atoms with Crippen LogP contribution in [-0.4, -0.2) is 23.8 Å². The van der Waals surface area contributed by atoms with Gasteiger partial charge in [-0.2, -0.15) is 0 Å². The summed E-state index contributed by atoms with van der Waals surface area (Å²) >= 11 is 0. The van der Waals surface area contributed by atoms with Crippen LogP contribution in [-0.2, 0) is 0 Å². The molecule has 0 amide bonds. The van der Waals surface area contributed by atoms with Crippen LogP contribution in [0.4, 0.5) is 0 Å². The van der Waals surface area contributed by atoms with Crippen LogP contribution in [0.3, 0.4) is 0 Å². The third-order valence-electron chi connectivity index (χ3n) is 4.13. The molecule has 2 rings (SSSR count). The van der Waals surface area contributed by atoms with Crippen LogP contribution in [0.2, 0.25) is 0 Å². The van der Waals surface area contributed by atoms with Crippen molar-refractivity contribution in [3.05, 3.63) is 35.9 Å². The van der Waals surface area contributed by atoms with E-state index in [-0.39, 0.29) is 11.5 Å². The van der Waals surface area contributed by atoms with Crippen LogP contribution < -0.4 is 5.32 Å². The molecule has 0 bridgehead atoms. The summed E-state index contributed by atoms with van der Waals surface area (Å²) in [6.07, 6.45) is 0.908. The Bertz CT molecular complexity index is 358. The highest BCUT2D eigenvalue weighted by atomic mass is 16.3. The molecule has 1 aromatic carbocycles. The zero-order valence-electron chi connectivity index (χ0n) is 11.0. The summed E-state index contributed by atoms with van der Waals surface area (Å²) in [6, 6.07) is 11.2. The maximum atomic E-state index is 9.31. The number of rotatable bonds is 4. The Morgan fingerprint density at radius 1 is 1.35 bits per heavy atom. The average Bonchev–Trinajstić information content (AvgIpc) is 2.28. The van der Waals surface area contributed by atoms with Crippen LogP contribution >= 0.6 is 0 Å². The molecule has 0 aliphatic heterocycles. The highest BCUT2D eigenvalue weighted by molar-refractivity contribution is 5.27. The monoisotopic (exact) mass is 233 g/mol. The summed E-state index contributed by atoms with van der Waals surface area (Å²) in [4.78, 5) is 0. The van der Waals surface area contributed by atoms with Crippen molar-refractivity contribution < 1.29 is 5.11 Å². The Morgan fingerprint density at radius 3 is 2.53 bits per heavy atom. The molecule has 2 heteroatoms. The van der Waals surface area contributed by atoms with Crippen molar-refractivity contribution in [1.82, 2.24) is 5.32 Å². The maximum Gasteiger partial charge on any atom is 0.0636 e. The largest absolute Gasteiger partial charge is 0.392 e. The van der Waals surface area contributed by atoms with Gasteiger partial charge in [-0.05, 0) is 30.2 Å². The van der Waals surface area contributed by atoms with Crippen molar-refractivity contribution in [2.24, 2.45) is 5.41 Å². The zero-order valence-corrected chi connectivity index (χ0v) is 11.0. The second-order valence-electron chi connectivity index (χ2n) is 5.83. The highest BCUT2D eigenvalue weighted by Gasteiger charge is 2.48. The Morgan fingerprint density at radius 2 is 2.00 bits per heavy atom. The molecular formula is C15H23NO. The zero-order chi connectivity index (χ0) is 12.5. The third kappa shape index (κ3) is 2.53. The van der Waals surface area contributed by atoms with Crippen molar-refractivity contribution in [3.8, 4) is 0 Å². The normalized spacial score (nSPS) is 28.5. The first-order chi connectivity index (χ1) is 8.01. The molecular weight excluding hydrogens is 210 g/mol. The predicted octanol–water partition coefficient (Wildman–Crippen LogP) is 2.54. The van der Waals surface area contributed by atoms with E-state index in [1.165, 1.54) is 12.0 Å². The molecule has 0 unspecified atom stereocenters. The molecule has 1 saturated carbocycles. The van der Waals surface area contributed by atoms with Gasteiger partial charge < -0.3 is 10.4 Å². The summed E-state index contributed by atoms with van der Waals surface area (Å²) in [5.74, 6) is 0.634. The van der Waals surface area contributed by atoms with Crippen molar-refractivity contribution in [2.75, 3.05) is 6.54 Å². The number of benzene rings is 1. The van der Waals surface area contributed by atoms with Gasteiger partial charge in [0, 0.05) is 12.6 Å². The lowest BCUT2D eigenvalue weighted by Gasteiger charge is -2.53. The van der Waals surface area contributed by atoms with Gasteiger partial charge in [0.15, 0.2) is 0 Å². The van der Waals surface area contributed by atoms with Gasteiger partial charge in [-0.15, -0.1) is 0 Å². The van der Waals surface area contributed by atoms with Gasteiger partial charge in [0.1, 0.15) is 0 Å². The summed E-state index contributed by atoms with van der Waals surface area (Å²) in [6.45, 7) is 7.14. The lowest BCUT2D eigenvalue weighted by molar-refractivity contribution is 0.0579. The molecule has 1 aliphatic rings. The lowest BCUT2D eigenvalue weighted by atomic mass is 9.56. The van der Waals surface area contributed by atoms with E-state index < -0.39 is 0 Å². The van der Waals surface area contributed by atoms with Gasteiger partial charge in [0.2, 0.25) is 0 Å². The molecule has 3 atom stereocenters. The van der Waals surface area contributed by atoms with Crippen molar-refractivity contribution in [1.29, 1.82) is 0 Å². The van der Waals surface area contributed by atoms with Gasteiger partial charge in [0.05, 0.1) is 6.10 Å². The molecule has 0 saturated heterocycles. The summed E-state index contributed by atoms with van der Waals surface area (Å²) < 4.78 is 0. The average molecular weight is 233 g/mol. The van der Waals surface area contributed by atoms with Crippen LogP contribution in [0.25, 0.3) is 0 Å². The van der Waals surface area contributed by atoms with E-state index >= 15 is 0 Å². The fourth-order valence-electron chi connectivity index (χ4n) is 2.84. The quantitative estimate of drug-likeness (QED) is 0.837. The fraction of sp³-hybridized carbons (Fsp3) is 0.600. The van der Waals surface area contributed by atoms with Crippen molar-refractivity contribution in [2.45, 2.75) is 45.3 Å². The molecule has 1 aromatic rings. The first-order valence-corrected chi connectivity index (χ1v) is 6.48. The molecule has 0 radical (unpaired) electrons. The number of nitrogens with one attached hydrogen (secondary N) is 1. The molecule has 1 aliphatic carbocycles. The number of aliphatic hydroxyl groups is 1. The standard InChI is InChI=1S/C15H23NO/c1-11(17)10-16-14-9-13(15(14,2)3)12-7-5-4-6-8-12/h4-8,11,13-14,16-17H,9-10H2,1-3H3/t11-,13-,14+/m1/s1. The second-order valence-corrected chi connectivity index (χ2v) is 5.83. The van der Waals surface area contributed by atoms with Gasteiger partial charge in [-0.3, -0.25) is 0 Å². The second kappa shape index (κ2) is 4.79. The van der Waals surface area contributed by atoms with E-state index in [4.69, 9.17) is 0 Å². The van der Waals surface area contributed by atoms with E-state index in [0.29, 0.717) is 18.5 Å². The topological polar surface area (TPSA) is 32.3 Å². The maximum absolute atomic E-state index is 9.31. The molecule has 0 aromatic heterocycles. The van der Waals surface area contributed by atoms with Crippen LogP contribution in [0.15, 0.2) is 30.3 Å². The van der Waals surface area contributed by atoms with E-state index in [1.54, 1.807) is 0 Å². The Kier molecular flexibility index (Phi) is 3.55. The smallest absolute Gasteiger partial charge is 0.0636 e. The van der Waals surface area contributed by atoms with Crippen LogP contribution in [0.1, 0.15) is 38.7 Å². The molecule has 17 heavy (non-hydrogen) atoms. The minimum absolute atomic E-state index is 0.262. The first kappa shape index (κ1) is 12.6. The summed E-state index contributed by atoms with van der Waals surface area (Å²) in [5, 5.41) is 12.8. The van der Waals surface area contributed by atoms with Crippen LogP contribution in [0, 0.1) is 5.41 Å². The SMILES string of the molecule is C[C@@H](O)CN[C@H]1C[C@H](c2ccccc2)C1(C)C. The Labute approximate surface area is 104 Å². The van der Waals surface area contributed by atoms with Gasteiger partial charge in [0.25, 0.3) is 0 Å². The molecule has 0 spiro atoms. The molecule has 94 valence electrons. The van der Waals surface area contributed by atoms with Crippen molar-refractivity contribution in [3.63, 3.8) is 0 Å². The molecule has 2 nitrogen and oxygen atoms in total. The van der Waals surface area contributed by atoms with E-state index in [2.05, 4.69) is 49.5 Å². The number of hydrogen-bond acceptors (Lipinski definition) is 2. The van der Waals surface area contributed by atoms with E-state index in [1.807, 2.05) is 6.92 Å².